The molecular weight excluding hydrogens is 198 g/mol. The van der Waals surface area contributed by atoms with Crippen LogP contribution in [-0.2, 0) is 4.79 Å². The predicted octanol–water partition coefficient (Wildman–Crippen LogP) is -0.0623. The van der Waals surface area contributed by atoms with Crippen molar-refractivity contribution in [3.63, 3.8) is 0 Å². The zero-order valence-electron chi connectivity index (χ0n) is 8.15. The molecule has 1 amide bonds. The van der Waals surface area contributed by atoms with E-state index in [1.807, 2.05) is 0 Å². The third kappa shape index (κ3) is 3.26. The fourth-order valence-corrected chi connectivity index (χ4v) is 0.911. The molecule has 15 heavy (non-hydrogen) atoms. The van der Waals surface area contributed by atoms with Crippen molar-refractivity contribution in [3.05, 3.63) is 23.9 Å². The molecule has 0 aliphatic rings. The second-order valence-corrected chi connectivity index (χ2v) is 2.74. The van der Waals surface area contributed by atoms with Gasteiger partial charge in [-0.2, -0.15) is 0 Å². The summed E-state index contributed by atoms with van der Waals surface area (Å²) in [6, 6.07) is 4.53. The van der Waals surface area contributed by atoms with Gasteiger partial charge in [0.15, 0.2) is 5.69 Å². The minimum absolute atomic E-state index is 0.0584. The number of anilines is 1. The van der Waals surface area contributed by atoms with E-state index in [2.05, 4.69) is 15.6 Å². The van der Waals surface area contributed by atoms with Crippen molar-refractivity contribution in [1.29, 1.82) is 0 Å². The number of amides is 1. The summed E-state index contributed by atoms with van der Waals surface area (Å²) in [5, 5.41) is 13.8. The summed E-state index contributed by atoms with van der Waals surface area (Å²) in [7, 11) is 1.52. The number of pyridine rings is 1. The van der Waals surface area contributed by atoms with E-state index >= 15 is 0 Å². The van der Waals surface area contributed by atoms with Crippen molar-refractivity contribution < 1.29 is 14.7 Å². The molecule has 1 heterocycles. The second kappa shape index (κ2) is 4.94. The summed E-state index contributed by atoms with van der Waals surface area (Å²) in [4.78, 5) is 25.3. The van der Waals surface area contributed by atoms with Crippen molar-refractivity contribution in [3.8, 4) is 0 Å². The smallest absolute Gasteiger partial charge is 0.354 e. The van der Waals surface area contributed by atoms with E-state index in [0.717, 1.165) is 0 Å². The van der Waals surface area contributed by atoms with Gasteiger partial charge >= 0.3 is 5.97 Å². The molecule has 3 N–H and O–H groups in total. The maximum Gasteiger partial charge on any atom is 0.354 e. The summed E-state index contributed by atoms with van der Waals surface area (Å²) in [5.41, 5.74) is -0.0584. The van der Waals surface area contributed by atoms with Crippen molar-refractivity contribution in [2.24, 2.45) is 0 Å². The molecule has 0 radical (unpaired) electrons. The van der Waals surface area contributed by atoms with Crippen molar-refractivity contribution in [2.75, 3.05) is 18.9 Å². The first-order chi connectivity index (χ1) is 7.13. The topological polar surface area (TPSA) is 91.3 Å². The number of aromatic carboxylic acids is 1. The summed E-state index contributed by atoms with van der Waals surface area (Å²) < 4.78 is 0. The monoisotopic (exact) mass is 209 g/mol. The maximum absolute atomic E-state index is 10.9. The molecule has 1 aromatic rings. The number of nitrogens with zero attached hydrogens (tertiary/aromatic N) is 1. The molecule has 0 bridgehead atoms. The number of carboxylic acids is 1. The van der Waals surface area contributed by atoms with E-state index < -0.39 is 5.97 Å². The van der Waals surface area contributed by atoms with Gasteiger partial charge in [0.05, 0.1) is 6.54 Å². The standard InChI is InChI=1S/C9H11N3O3/c1-10-8(13)5-11-7-4-2-3-6(12-7)9(14)15/h2-4H,5H2,1H3,(H,10,13)(H,11,12)(H,14,15). The van der Waals surface area contributed by atoms with Gasteiger partial charge in [0, 0.05) is 7.05 Å². The number of nitrogens with one attached hydrogen (secondary N) is 2. The summed E-state index contributed by atoms with van der Waals surface area (Å²) in [6.45, 7) is 0.0621. The molecule has 1 rings (SSSR count). The molecule has 0 saturated heterocycles. The van der Waals surface area contributed by atoms with Gasteiger partial charge in [-0.3, -0.25) is 4.79 Å². The molecule has 80 valence electrons. The third-order valence-corrected chi connectivity index (χ3v) is 1.68. The van der Waals surface area contributed by atoms with Crippen LogP contribution in [0, 0.1) is 0 Å². The van der Waals surface area contributed by atoms with Gasteiger partial charge in [0.2, 0.25) is 5.91 Å². The van der Waals surface area contributed by atoms with E-state index in [1.165, 1.54) is 13.1 Å². The van der Waals surface area contributed by atoms with Gasteiger partial charge in [-0.1, -0.05) is 6.07 Å². The normalized spacial score (nSPS) is 9.40. The van der Waals surface area contributed by atoms with Crippen LogP contribution < -0.4 is 10.6 Å². The van der Waals surface area contributed by atoms with Gasteiger partial charge in [0.1, 0.15) is 5.82 Å². The number of hydrogen-bond acceptors (Lipinski definition) is 4. The van der Waals surface area contributed by atoms with Crippen LogP contribution in [0.3, 0.4) is 0 Å². The number of carboxylic acid groups (broad SMARTS) is 1. The van der Waals surface area contributed by atoms with E-state index in [4.69, 9.17) is 5.11 Å². The Kier molecular flexibility index (Phi) is 3.61. The lowest BCUT2D eigenvalue weighted by atomic mass is 10.3. The highest BCUT2D eigenvalue weighted by molar-refractivity contribution is 5.86. The lowest BCUT2D eigenvalue weighted by molar-refractivity contribution is -0.118. The van der Waals surface area contributed by atoms with Gasteiger partial charge in [-0.25, -0.2) is 9.78 Å². The Bertz CT molecular complexity index is 379. The van der Waals surface area contributed by atoms with Crippen LogP contribution in [0.15, 0.2) is 18.2 Å². The number of carbonyl (C=O) groups excluding carboxylic acids is 1. The van der Waals surface area contributed by atoms with E-state index in [1.54, 1.807) is 12.1 Å². The van der Waals surface area contributed by atoms with Crippen LogP contribution in [0.1, 0.15) is 10.5 Å². The lowest BCUT2D eigenvalue weighted by Crippen LogP contribution is -2.26. The van der Waals surface area contributed by atoms with Crippen molar-refractivity contribution in [1.82, 2.24) is 10.3 Å². The van der Waals surface area contributed by atoms with Gasteiger partial charge < -0.3 is 15.7 Å². The summed E-state index contributed by atoms with van der Waals surface area (Å²) in [5.74, 6) is -0.936. The SMILES string of the molecule is CNC(=O)CNc1cccc(C(=O)O)n1. The predicted molar refractivity (Wildman–Crippen MR) is 53.8 cm³/mol. The summed E-state index contributed by atoms with van der Waals surface area (Å²) in [6.07, 6.45) is 0. The molecular formula is C9H11N3O3. The van der Waals surface area contributed by atoms with Crippen LogP contribution >= 0.6 is 0 Å². The third-order valence-electron chi connectivity index (χ3n) is 1.68. The molecule has 0 unspecified atom stereocenters. The highest BCUT2D eigenvalue weighted by atomic mass is 16.4. The van der Waals surface area contributed by atoms with Crippen molar-refractivity contribution in [2.45, 2.75) is 0 Å². The fraction of sp³-hybridized carbons (Fsp3) is 0.222. The molecule has 0 aromatic carbocycles. The van der Waals surface area contributed by atoms with Crippen LogP contribution in [0.5, 0.6) is 0 Å². The molecule has 0 spiro atoms. The number of likely N-dealkylation sites (N-methyl/N-ethyl adjacent to an activating group) is 1. The Morgan fingerprint density at radius 3 is 2.80 bits per heavy atom. The van der Waals surface area contributed by atoms with E-state index in [-0.39, 0.29) is 18.1 Å². The zero-order valence-corrected chi connectivity index (χ0v) is 8.15. The van der Waals surface area contributed by atoms with Gasteiger partial charge in [0.25, 0.3) is 0 Å². The number of rotatable bonds is 4. The fourth-order valence-electron chi connectivity index (χ4n) is 0.911. The molecule has 0 atom stereocenters. The maximum atomic E-state index is 10.9. The van der Waals surface area contributed by atoms with Gasteiger partial charge in [-0.05, 0) is 12.1 Å². The first-order valence-corrected chi connectivity index (χ1v) is 4.28. The minimum Gasteiger partial charge on any atom is -0.477 e. The van der Waals surface area contributed by atoms with Crippen LogP contribution in [0.25, 0.3) is 0 Å². The van der Waals surface area contributed by atoms with Crippen molar-refractivity contribution >= 4 is 17.7 Å². The lowest BCUT2D eigenvalue weighted by Gasteiger charge is -2.04. The minimum atomic E-state index is -1.10. The Balaban J connectivity index is 2.66. The zero-order chi connectivity index (χ0) is 11.3. The summed E-state index contributed by atoms with van der Waals surface area (Å²) >= 11 is 0. The Morgan fingerprint density at radius 2 is 2.20 bits per heavy atom. The van der Waals surface area contributed by atoms with Gasteiger partial charge in [-0.15, -0.1) is 0 Å². The molecule has 0 saturated carbocycles. The number of hydrogen-bond donors (Lipinski definition) is 3. The van der Waals surface area contributed by atoms with E-state index in [9.17, 15) is 9.59 Å². The Hall–Kier alpha value is -2.11. The van der Waals surface area contributed by atoms with E-state index in [0.29, 0.717) is 5.82 Å². The first kappa shape index (κ1) is 11.0. The Labute approximate surface area is 86.3 Å². The number of aromatic nitrogens is 1. The molecule has 0 aliphatic carbocycles. The quantitative estimate of drug-likeness (QED) is 0.646. The Morgan fingerprint density at radius 1 is 1.47 bits per heavy atom. The largest absolute Gasteiger partial charge is 0.477 e. The van der Waals surface area contributed by atoms with Crippen LogP contribution in [0.2, 0.25) is 0 Å². The first-order valence-electron chi connectivity index (χ1n) is 4.28. The number of carbonyl (C=O) groups is 2. The molecule has 0 aliphatic heterocycles. The average Bonchev–Trinajstić information content (AvgIpc) is 2.26. The highest BCUT2D eigenvalue weighted by Gasteiger charge is 2.05. The molecule has 6 nitrogen and oxygen atoms in total. The van der Waals surface area contributed by atoms with Crippen LogP contribution in [-0.4, -0.2) is 35.6 Å². The molecule has 0 fully saturated rings. The average molecular weight is 209 g/mol. The molecule has 1 aromatic heterocycles. The van der Waals surface area contributed by atoms with Crippen LogP contribution in [0.4, 0.5) is 5.82 Å². The molecule has 6 heteroatoms. The highest BCUT2D eigenvalue weighted by Crippen LogP contribution is 2.03. The second-order valence-electron chi connectivity index (χ2n) is 2.74.